The van der Waals surface area contributed by atoms with E-state index in [4.69, 9.17) is 4.74 Å². The van der Waals surface area contributed by atoms with Gasteiger partial charge in [0.25, 0.3) is 5.91 Å². The highest BCUT2D eigenvalue weighted by Crippen LogP contribution is 2.14. The highest BCUT2D eigenvalue weighted by Gasteiger charge is 2.25. The molecule has 0 aromatic carbocycles. The Morgan fingerprint density at radius 1 is 1.23 bits per heavy atom. The number of ether oxygens (including phenoxy) is 1. The summed E-state index contributed by atoms with van der Waals surface area (Å²) >= 11 is 0. The van der Waals surface area contributed by atoms with Crippen molar-refractivity contribution in [1.82, 2.24) is 14.9 Å². The van der Waals surface area contributed by atoms with E-state index >= 15 is 0 Å². The molecule has 138 valence electrons. The molecule has 9 nitrogen and oxygen atoms in total. The number of hydrogen-bond donors (Lipinski definition) is 1. The molecule has 0 radical (unpaired) electrons. The van der Waals surface area contributed by atoms with Crippen LogP contribution in [-0.4, -0.2) is 70.9 Å². The Kier molecular flexibility index (Phi) is 5.15. The average molecular weight is 360 g/mol. The van der Waals surface area contributed by atoms with E-state index in [1.807, 2.05) is 0 Å². The van der Waals surface area contributed by atoms with E-state index in [1.54, 1.807) is 4.90 Å². The van der Waals surface area contributed by atoms with Crippen LogP contribution in [0.2, 0.25) is 0 Å². The number of carbonyl (C=O) groups is 4. The summed E-state index contributed by atoms with van der Waals surface area (Å²) in [5, 5.41) is 4.93. The molecule has 3 rings (SSSR count). The van der Waals surface area contributed by atoms with Crippen LogP contribution in [0.15, 0.2) is 17.4 Å². The number of aromatic amines is 1. The molecule has 2 aliphatic heterocycles. The first kappa shape index (κ1) is 17.8. The lowest BCUT2D eigenvalue weighted by atomic mass is 10.2. The highest BCUT2D eigenvalue weighted by molar-refractivity contribution is 6.37. The van der Waals surface area contributed by atoms with Gasteiger partial charge in [-0.15, -0.1) is 0 Å². The number of aromatic nitrogens is 1. The molecule has 1 fully saturated rings. The van der Waals surface area contributed by atoms with E-state index < -0.39 is 18.4 Å². The van der Waals surface area contributed by atoms with Crippen LogP contribution in [-0.2, 0) is 14.3 Å². The SMILES string of the molecule is CN1N=C(C(=O)OCC(=O)c2c[nH]c(C(=O)N3CCCC3)c2)CCC1=O. The van der Waals surface area contributed by atoms with Crippen LogP contribution in [0.4, 0.5) is 0 Å². The van der Waals surface area contributed by atoms with Crippen LogP contribution >= 0.6 is 0 Å². The van der Waals surface area contributed by atoms with Crippen molar-refractivity contribution >= 4 is 29.3 Å². The molecule has 0 atom stereocenters. The standard InChI is InChI=1S/C17H20N4O5/c1-20-15(23)5-4-12(19-20)17(25)26-10-14(22)11-8-13(18-9-11)16(24)21-6-2-3-7-21/h8-9,18H,2-7,10H2,1H3. The second-order valence-electron chi connectivity index (χ2n) is 6.26. The minimum Gasteiger partial charge on any atom is -0.453 e. The van der Waals surface area contributed by atoms with Crippen LogP contribution in [0.1, 0.15) is 46.5 Å². The van der Waals surface area contributed by atoms with Gasteiger partial charge in [0.1, 0.15) is 11.4 Å². The van der Waals surface area contributed by atoms with Gasteiger partial charge >= 0.3 is 5.97 Å². The molecule has 0 spiro atoms. The minimum absolute atomic E-state index is 0.110. The van der Waals surface area contributed by atoms with E-state index in [1.165, 1.54) is 19.3 Å². The van der Waals surface area contributed by atoms with E-state index in [2.05, 4.69) is 10.1 Å². The summed E-state index contributed by atoms with van der Waals surface area (Å²) in [7, 11) is 1.46. The third-order valence-corrected chi connectivity index (χ3v) is 4.41. The van der Waals surface area contributed by atoms with E-state index in [-0.39, 0.29) is 35.9 Å². The summed E-state index contributed by atoms with van der Waals surface area (Å²) in [4.78, 5) is 52.3. The van der Waals surface area contributed by atoms with Gasteiger partial charge in [-0.2, -0.15) is 5.10 Å². The Balaban J connectivity index is 1.55. The molecule has 3 heterocycles. The zero-order valence-corrected chi connectivity index (χ0v) is 14.5. The average Bonchev–Trinajstić information content (AvgIpc) is 3.33. The first-order chi connectivity index (χ1) is 12.5. The van der Waals surface area contributed by atoms with E-state index in [0.29, 0.717) is 5.69 Å². The monoisotopic (exact) mass is 360 g/mol. The quantitative estimate of drug-likeness (QED) is 0.610. The highest BCUT2D eigenvalue weighted by atomic mass is 16.5. The molecule has 0 bridgehead atoms. The number of rotatable bonds is 5. The minimum atomic E-state index is -0.721. The van der Waals surface area contributed by atoms with Crippen LogP contribution < -0.4 is 0 Å². The van der Waals surface area contributed by atoms with Gasteiger partial charge in [-0.1, -0.05) is 0 Å². The number of amides is 2. The van der Waals surface area contributed by atoms with Crippen molar-refractivity contribution in [1.29, 1.82) is 0 Å². The summed E-state index contributed by atoms with van der Waals surface area (Å²) in [6, 6.07) is 1.47. The molecule has 1 saturated heterocycles. The number of esters is 1. The van der Waals surface area contributed by atoms with Gasteiger partial charge in [-0.05, 0) is 18.9 Å². The Morgan fingerprint density at radius 3 is 2.65 bits per heavy atom. The number of H-pyrrole nitrogens is 1. The maximum atomic E-state index is 12.3. The predicted octanol–water partition coefficient (Wildman–Crippen LogP) is 0.585. The summed E-state index contributed by atoms with van der Waals surface area (Å²) in [5.74, 6) is -1.46. The van der Waals surface area contributed by atoms with Crippen LogP contribution in [0.25, 0.3) is 0 Å². The molecule has 0 aliphatic carbocycles. The van der Waals surface area contributed by atoms with Crippen molar-refractivity contribution in [2.24, 2.45) is 5.10 Å². The Labute approximate surface area is 150 Å². The van der Waals surface area contributed by atoms with Gasteiger partial charge < -0.3 is 14.6 Å². The van der Waals surface area contributed by atoms with Gasteiger partial charge in [0, 0.05) is 44.7 Å². The molecule has 1 aromatic heterocycles. The Morgan fingerprint density at radius 2 is 1.96 bits per heavy atom. The molecule has 0 saturated carbocycles. The summed E-state index contributed by atoms with van der Waals surface area (Å²) in [5.41, 5.74) is 0.732. The van der Waals surface area contributed by atoms with Gasteiger partial charge in [0.05, 0.1) is 0 Å². The van der Waals surface area contributed by atoms with Crippen molar-refractivity contribution in [3.05, 3.63) is 23.5 Å². The molecular weight excluding hydrogens is 340 g/mol. The molecule has 1 N–H and O–H groups in total. The molecule has 0 unspecified atom stereocenters. The number of hydrogen-bond acceptors (Lipinski definition) is 6. The topological polar surface area (TPSA) is 112 Å². The van der Waals surface area contributed by atoms with Crippen LogP contribution in [0.5, 0.6) is 0 Å². The number of likely N-dealkylation sites (tertiary alicyclic amines) is 1. The van der Waals surface area contributed by atoms with Gasteiger partial charge in [0.2, 0.25) is 11.7 Å². The number of carbonyl (C=O) groups excluding carboxylic acids is 4. The van der Waals surface area contributed by atoms with Crippen molar-refractivity contribution in [2.45, 2.75) is 25.7 Å². The summed E-state index contributed by atoms with van der Waals surface area (Å²) in [6.07, 6.45) is 3.77. The fourth-order valence-electron chi connectivity index (χ4n) is 2.88. The largest absolute Gasteiger partial charge is 0.453 e. The summed E-state index contributed by atoms with van der Waals surface area (Å²) < 4.78 is 4.98. The lowest BCUT2D eigenvalue weighted by Gasteiger charge is -2.18. The van der Waals surface area contributed by atoms with Crippen molar-refractivity contribution in [2.75, 3.05) is 26.7 Å². The molecule has 9 heteroatoms. The first-order valence-electron chi connectivity index (χ1n) is 8.48. The second kappa shape index (κ2) is 7.51. The predicted molar refractivity (Wildman–Crippen MR) is 90.7 cm³/mol. The number of hydrazone groups is 1. The van der Waals surface area contributed by atoms with Crippen molar-refractivity contribution in [3.8, 4) is 0 Å². The number of nitrogens with one attached hydrogen (secondary N) is 1. The zero-order chi connectivity index (χ0) is 18.7. The van der Waals surface area contributed by atoms with E-state index in [0.717, 1.165) is 30.9 Å². The van der Waals surface area contributed by atoms with Crippen LogP contribution in [0.3, 0.4) is 0 Å². The lowest BCUT2D eigenvalue weighted by Crippen LogP contribution is -2.32. The number of nitrogens with zero attached hydrogens (tertiary/aromatic N) is 3. The maximum absolute atomic E-state index is 12.3. The lowest BCUT2D eigenvalue weighted by molar-refractivity contribution is -0.135. The molecule has 1 aromatic rings. The number of Topliss-reactive ketones (excluding diaryl/α,β-unsaturated/α-hetero) is 1. The fourth-order valence-corrected chi connectivity index (χ4v) is 2.88. The van der Waals surface area contributed by atoms with Gasteiger partial charge in [0.15, 0.2) is 6.61 Å². The third-order valence-electron chi connectivity index (χ3n) is 4.41. The zero-order valence-electron chi connectivity index (χ0n) is 14.5. The first-order valence-corrected chi connectivity index (χ1v) is 8.48. The molecule has 2 aliphatic rings. The Hall–Kier alpha value is -2.97. The van der Waals surface area contributed by atoms with Gasteiger partial charge in [-0.3, -0.25) is 14.4 Å². The van der Waals surface area contributed by atoms with Crippen LogP contribution in [0, 0.1) is 0 Å². The van der Waals surface area contributed by atoms with Crippen molar-refractivity contribution < 1.29 is 23.9 Å². The normalized spacial score (nSPS) is 17.3. The van der Waals surface area contributed by atoms with Gasteiger partial charge in [-0.25, -0.2) is 9.80 Å². The molecule has 2 amide bonds. The fraction of sp³-hybridized carbons (Fsp3) is 0.471. The summed E-state index contributed by atoms with van der Waals surface area (Å²) in [6.45, 7) is 0.986. The maximum Gasteiger partial charge on any atom is 0.354 e. The second-order valence-corrected chi connectivity index (χ2v) is 6.26. The number of ketones is 1. The van der Waals surface area contributed by atoms with Crippen molar-refractivity contribution in [3.63, 3.8) is 0 Å². The Bertz CT molecular complexity index is 776. The smallest absolute Gasteiger partial charge is 0.354 e. The molecule has 26 heavy (non-hydrogen) atoms. The van der Waals surface area contributed by atoms with E-state index in [9.17, 15) is 19.2 Å². The third kappa shape index (κ3) is 3.81. The molecular formula is C17H20N4O5.